The summed E-state index contributed by atoms with van der Waals surface area (Å²) in [6.45, 7) is 8.29. The fourth-order valence-corrected chi connectivity index (χ4v) is 2.83. The Morgan fingerprint density at radius 2 is 2.00 bits per heavy atom. The first kappa shape index (κ1) is 21.5. The van der Waals surface area contributed by atoms with Crippen LogP contribution in [0.1, 0.15) is 18.2 Å². The number of hydrogen-bond donors (Lipinski definition) is 2. The van der Waals surface area contributed by atoms with E-state index in [0.717, 1.165) is 55.8 Å². The Kier molecular flexibility index (Phi) is 8.86. The molecule has 1 fully saturated rings. The Morgan fingerprint density at radius 3 is 2.63 bits per heavy atom. The highest BCUT2D eigenvalue weighted by Crippen LogP contribution is 2.14. The van der Waals surface area contributed by atoms with E-state index >= 15 is 0 Å². The van der Waals surface area contributed by atoms with Crippen LogP contribution in [-0.2, 0) is 13.1 Å². The molecule has 0 aliphatic carbocycles. The number of anilines is 1. The van der Waals surface area contributed by atoms with Gasteiger partial charge in [-0.1, -0.05) is 6.07 Å². The Morgan fingerprint density at radius 1 is 1.19 bits per heavy atom. The summed E-state index contributed by atoms with van der Waals surface area (Å²) < 4.78 is 5.34. The lowest BCUT2D eigenvalue weighted by Crippen LogP contribution is -2.44. The fraction of sp³-hybridized carbons (Fsp3) is 0.474. The molecule has 1 aliphatic heterocycles. The molecule has 3 heterocycles. The third-order valence-corrected chi connectivity index (χ3v) is 4.41. The molecule has 3 rings (SSSR count). The summed E-state index contributed by atoms with van der Waals surface area (Å²) in [4.78, 5) is 13.9. The summed E-state index contributed by atoms with van der Waals surface area (Å²) in [6.07, 6.45) is 3.60. The molecule has 148 valence electrons. The standard InChI is InChI=1S/C19H28N6O.HI/c1-3-20-19(23-15-17-5-4-12-26-17)22-14-16-6-7-18(21-13-16)25-10-8-24(2)9-11-25;/h4-7,12-13H,3,8-11,14-15H2,1-2H3,(H2,20,22,23);1H. The van der Waals surface area contributed by atoms with Gasteiger partial charge >= 0.3 is 0 Å². The molecule has 0 bridgehead atoms. The average Bonchev–Trinajstić information content (AvgIpc) is 3.19. The molecular formula is C19H29IN6O. The number of likely N-dealkylation sites (N-methyl/N-ethyl adjacent to an activating group) is 1. The number of halogens is 1. The van der Waals surface area contributed by atoms with Crippen LogP contribution in [0.2, 0.25) is 0 Å². The number of furan rings is 1. The SMILES string of the molecule is CCNC(=NCc1ccc(N2CCN(C)CC2)nc1)NCc1ccco1.I. The van der Waals surface area contributed by atoms with Gasteiger partial charge < -0.3 is 24.9 Å². The van der Waals surface area contributed by atoms with Crippen molar-refractivity contribution in [3.8, 4) is 0 Å². The third-order valence-electron chi connectivity index (χ3n) is 4.41. The first-order valence-electron chi connectivity index (χ1n) is 9.17. The second kappa shape index (κ2) is 11.1. The van der Waals surface area contributed by atoms with Crippen molar-refractivity contribution in [2.75, 3.05) is 44.7 Å². The van der Waals surface area contributed by atoms with E-state index in [9.17, 15) is 0 Å². The molecular weight excluding hydrogens is 455 g/mol. The molecule has 2 N–H and O–H groups in total. The Bertz CT molecular complexity index is 681. The number of nitrogens with zero attached hydrogens (tertiary/aromatic N) is 4. The van der Waals surface area contributed by atoms with Gasteiger partial charge in [0, 0.05) is 38.9 Å². The minimum Gasteiger partial charge on any atom is -0.467 e. The normalized spacial score (nSPS) is 15.3. The van der Waals surface area contributed by atoms with Crippen molar-refractivity contribution < 1.29 is 4.42 Å². The van der Waals surface area contributed by atoms with Crippen molar-refractivity contribution in [1.82, 2.24) is 20.5 Å². The van der Waals surface area contributed by atoms with Gasteiger partial charge in [0.1, 0.15) is 11.6 Å². The predicted molar refractivity (Wildman–Crippen MR) is 120 cm³/mol. The van der Waals surface area contributed by atoms with Crippen molar-refractivity contribution in [3.63, 3.8) is 0 Å². The van der Waals surface area contributed by atoms with Gasteiger partial charge in [-0.25, -0.2) is 9.98 Å². The summed E-state index contributed by atoms with van der Waals surface area (Å²) >= 11 is 0. The molecule has 2 aromatic rings. The summed E-state index contributed by atoms with van der Waals surface area (Å²) in [5, 5.41) is 6.52. The molecule has 0 radical (unpaired) electrons. The molecule has 0 atom stereocenters. The van der Waals surface area contributed by atoms with Crippen molar-refractivity contribution >= 4 is 35.8 Å². The zero-order chi connectivity index (χ0) is 18.2. The van der Waals surface area contributed by atoms with Crippen LogP contribution in [-0.4, -0.2) is 55.6 Å². The molecule has 0 amide bonds. The van der Waals surface area contributed by atoms with E-state index in [1.807, 2.05) is 18.3 Å². The molecule has 8 heteroatoms. The van der Waals surface area contributed by atoms with Crippen LogP contribution < -0.4 is 15.5 Å². The maximum atomic E-state index is 5.34. The highest BCUT2D eigenvalue weighted by atomic mass is 127. The number of guanidine groups is 1. The van der Waals surface area contributed by atoms with Crippen LogP contribution in [0, 0.1) is 0 Å². The lowest BCUT2D eigenvalue weighted by Gasteiger charge is -2.33. The first-order chi connectivity index (χ1) is 12.7. The smallest absolute Gasteiger partial charge is 0.191 e. The molecule has 7 nitrogen and oxygen atoms in total. The fourth-order valence-electron chi connectivity index (χ4n) is 2.83. The number of aromatic nitrogens is 1. The van der Waals surface area contributed by atoms with Gasteiger partial charge in [-0.3, -0.25) is 0 Å². The minimum atomic E-state index is 0. The van der Waals surface area contributed by atoms with Gasteiger partial charge in [0.2, 0.25) is 0 Å². The predicted octanol–water partition coefficient (Wildman–Crippen LogP) is 2.30. The second-order valence-corrected chi connectivity index (χ2v) is 6.44. The van der Waals surface area contributed by atoms with Crippen molar-refractivity contribution in [3.05, 3.63) is 48.0 Å². The third kappa shape index (κ3) is 6.69. The lowest BCUT2D eigenvalue weighted by molar-refractivity contribution is 0.312. The molecule has 1 saturated heterocycles. The zero-order valence-electron chi connectivity index (χ0n) is 16.0. The number of pyridine rings is 1. The zero-order valence-corrected chi connectivity index (χ0v) is 18.3. The van der Waals surface area contributed by atoms with E-state index in [1.54, 1.807) is 6.26 Å². The van der Waals surface area contributed by atoms with Gasteiger partial charge in [0.15, 0.2) is 5.96 Å². The molecule has 0 saturated carbocycles. The van der Waals surface area contributed by atoms with E-state index < -0.39 is 0 Å². The minimum absolute atomic E-state index is 0. The molecule has 2 aromatic heterocycles. The number of aliphatic imine (C=N–C) groups is 1. The second-order valence-electron chi connectivity index (χ2n) is 6.44. The lowest BCUT2D eigenvalue weighted by atomic mass is 10.2. The van der Waals surface area contributed by atoms with Crippen molar-refractivity contribution in [2.24, 2.45) is 4.99 Å². The van der Waals surface area contributed by atoms with E-state index in [0.29, 0.717) is 13.1 Å². The molecule has 1 aliphatic rings. The summed E-state index contributed by atoms with van der Waals surface area (Å²) in [5.41, 5.74) is 1.10. The van der Waals surface area contributed by atoms with Crippen LogP contribution >= 0.6 is 24.0 Å². The van der Waals surface area contributed by atoms with E-state index in [4.69, 9.17) is 4.42 Å². The van der Waals surface area contributed by atoms with Gasteiger partial charge in [-0.05, 0) is 37.7 Å². The van der Waals surface area contributed by atoms with Gasteiger partial charge in [0.05, 0.1) is 19.4 Å². The topological polar surface area (TPSA) is 68.9 Å². The van der Waals surface area contributed by atoms with Crippen LogP contribution in [0.4, 0.5) is 5.82 Å². The van der Waals surface area contributed by atoms with Crippen molar-refractivity contribution in [1.29, 1.82) is 0 Å². The Balaban J connectivity index is 0.00000261. The number of rotatable bonds is 6. The Hall–Kier alpha value is -1.81. The average molecular weight is 484 g/mol. The number of piperazine rings is 1. The monoisotopic (exact) mass is 484 g/mol. The summed E-state index contributed by atoms with van der Waals surface area (Å²) in [6, 6.07) is 8.03. The van der Waals surface area contributed by atoms with Gasteiger partial charge in [-0.15, -0.1) is 24.0 Å². The summed E-state index contributed by atoms with van der Waals surface area (Å²) in [5.74, 6) is 2.70. The van der Waals surface area contributed by atoms with Gasteiger partial charge in [-0.2, -0.15) is 0 Å². The maximum Gasteiger partial charge on any atom is 0.191 e. The Labute approximate surface area is 178 Å². The summed E-state index contributed by atoms with van der Waals surface area (Å²) in [7, 11) is 2.16. The van der Waals surface area contributed by atoms with Crippen LogP contribution in [0.3, 0.4) is 0 Å². The highest BCUT2D eigenvalue weighted by Gasteiger charge is 2.14. The molecule has 0 unspecified atom stereocenters. The molecule has 0 spiro atoms. The van der Waals surface area contributed by atoms with E-state index in [1.165, 1.54) is 0 Å². The van der Waals surface area contributed by atoms with Crippen LogP contribution in [0.25, 0.3) is 0 Å². The largest absolute Gasteiger partial charge is 0.467 e. The maximum absolute atomic E-state index is 5.34. The van der Waals surface area contributed by atoms with E-state index in [2.05, 4.69) is 56.5 Å². The quantitative estimate of drug-likeness (QED) is 0.373. The van der Waals surface area contributed by atoms with Crippen LogP contribution in [0.15, 0.2) is 46.1 Å². The van der Waals surface area contributed by atoms with Crippen molar-refractivity contribution in [2.45, 2.75) is 20.0 Å². The molecule has 27 heavy (non-hydrogen) atoms. The molecule has 0 aromatic carbocycles. The number of hydrogen-bond acceptors (Lipinski definition) is 5. The van der Waals surface area contributed by atoms with E-state index in [-0.39, 0.29) is 24.0 Å². The highest BCUT2D eigenvalue weighted by molar-refractivity contribution is 14.0. The first-order valence-corrected chi connectivity index (χ1v) is 9.17. The van der Waals surface area contributed by atoms with Crippen LogP contribution in [0.5, 0.6) is 0 Å². The number of nitrogens with one attached hydrogen (secondary N) is 2. The van der Waals surface area contributed by atoms with Gasteiger partial charge in [0.25, 0.3) is 0 Å².